The summed E-state index contributed by atoms with van der Waals surface area (Å²) < 4.78 is 27.1. The molecule has 0 radical (unpaired) electrons. The highest BCUT2D eigenvalue weighted by Gasteiger charge is 2.35. The number of nitro groups is 1. The lowest BCUT2D eigenvalue weighted by atomic mass is 9.98. The van der Waals surface area contributed by atoms with Gasteiger partial charge in [0.05, 0.1) is 15.7 Å². The third-order valence-corrected chi connectivity index (χ3v) is 7.11. The van der Waals surface area contributed by atoms with Crippen LogP contribution in [0, 0.1) is 16.0 Å². The van der Waals surface area contributed by atoms with Crippen LogP contribution in [0.3, 0.4) is 0 Å². The summed E-state index contributed by atoms with van der Waals surface area (Å²) in [7, 11) is -1.76. The van der Waals surface area contributed by atoms with Crippen molar-refractivity contribution in [3.05, 3.63) is 34.4 Å². The van der Waals surface area contributed by atoms with Gasteiger partial charge in [0.25, 0.3) is 5.69 Å². The number of hydrogen-bond acceptors (Lipinski definition) is 6. The predicted molar refractivity (Wildman–Crippen MR) is 98.7 cm³/mol. The maximum absolute atomic E-state index is 12.9. The van der Waals surface area contributed by atoms with Gasteiger partial charge in [0.15, 0.2) is 0 Å². The molecular weight excluding hydrogens is 372 g/mol. The summed E-state index contributed by atoms with van der Waals surface area (Å²) in [5, 5.41) is 10.8. The summed E-state index contributed by atoms with van der Waals surface area (Å²) in [6.07, 6.45) is 1.30. The van der Waals surface area contributed by atoms with E-state index >= 15 is 0 Å². The van der Waals surface area contributed by atoms with Gasteiger partial charge < -0.3 is 9.80 Å². The number of carbonyl (C=O) groups is 1. The third-order valence-electron chi connectivity index (χ3n) is 5.23. The molecule has 2 saturated heterocycles. The first-order valence-corrected chi connectivity index (χ1v) is 10.4. The molecule has 148 valence electrons. The molecule has 3 rings (SSSR count). The van der Waals surface area contributed by atoms with E-state index in [1.54, 1.807) is 0 Å². The topological polar surface area (TPSA) is 104 Å². The minimum Gasteiger partial charge on any atom is -0.340 e. The van der Waals surface area contributed by atoms with Crippen molar-refractivity contribution in [2.45, 2.75) is 17.7 Å². The normalized spacial score (nSPS) is 22.6. The smallest absolute Gasteiger partial charge is 0.269 e. The highest BCUT2D eigenvalue weighted by molar-refractivity contribution is 7.89. The van der Waals surface area contributed by atoms with Gasteiger partial charge in [-0.2, -0.15) is 4.31 Å². The molecule has 0 bridgehead atoms. The van der Waals surface area contributed by atoms with E-state index < -0.39 is 14.9 Å². The number of amides is 1. The maximum Gasteiger partial charge on any atom is 0.269 e. The Morgan fingerprint density at radius 2 is 1.74 bits per heavy atom. The zero-order valence-electron chi connectivity index (χ0n) is 15.3. The molecule has 2 fully saturated rings. The second kappa shape index (κ2) is 7.91. The molecule has 0 aliphatic carbocycles. The Morgan fingerprint density at radius 3 is 2.33 bits per heavy atom. The van der Waals surface area contributed by atoms with E-state index in [0.717, 1.165) is 13.1 Å². The van der Waals surface area contributed by atoms with Crippen LogP contribution in [0.15, 0.2) is 29.2 Å². The molecule has 9 nitrogen and oxygen atoms in total. The van der Waals surface area contributed by atoms with Gasteiger partial charge in [-0.25, -0.2) is 8.42 Å². The van der Waals surface area contributed by atoms with Crippen LogP contribution in [0.25, 0.3) is 0 Å². The molecule has 1 aromatic rings. The average molecular weight is 396 g/mol. The van der Waals surface area contributed by atoms with Crippen molar-refractivity contribution in [1.29, 1.82) is 0 Å². The van der Waals surface area contributed by atoms with Crippen molar-refractivity contribution in [3.8, 4) is 0 Å². The van der Waals surface area contributed by atoms with Crippen molar-refractivity contribution in [3.63, 3.8) is 0 Å². The van der Waals surface area contributed by atoms with E-state index in [-0.39, 0.29) is 29.0 Å². The first-order chi connectivity index (χ1) is 12.8. The van der Waals surface area contributed by atoms with Crippen molar-refractivity contribution in [2.24, 2.45) is 5.92 Å². The van der Waals surface area contributed by atoms with Crippen molar-refractivity contribution < 1.29 is 18.1 Å². The average Bonchev–Trinajstić information content (AvgIpc) is 2.68. The molecule has 1 amide bonds. The summed E-state index contributed by atoms with van der Waals surface area (Å²) in [6, 6.07) is 4.87. The second-order valence-electron chi connectivity index (χ2n) is 7.08. The molecule has 0 spiro atoms. The summed E-state index contributed by atoms with van der Waals surface area (Å²) in [4.78, 5) is 27.0. The molecule has 2 heterocycles. The zero-order chi connectivity index (χ0) is 19.6. The maximum atomic E-state index is 12.9. The quantitative estimate of drug-likeness (QED) is 0.550. The van der Waals surface area contributed by atoms with Crippen LogP contribution >= 0.6 is 0 Å². The van der Waals surface area contributed by atoms with Gasteiger partial charge in [-0.1, -0.05) is 0 Å². The minimum absolute atomic E-state index is 0.0146. The van der Waals surface area contributed by atoms with E-state index in [9.17, 15) is 23.3 Å². The number of nitrogens with zero attached hydrogens (tertiary/aromatic N) is 4. The van der Waals surface area contributed by atoms with Crippen LogP contribution in [0.4, 0.5) is 5.69 Å². The standard InChI is InChI=1S/C17H24N4O5S/c1-18-9-11-19(12-10-18)17(22)14-3-2-8-20(13-14)27(25,26)16-6-4-15(5-7-16)21(23)24/h4-7,14H,2-3,8-13H2,1H3/t14-/m1/s1. The van der Waals surface area contributed by atoms with Crippen molar-refractivity contribution in [2.75, 3.05) is 46.3 Å². The Morgan fingerprint density at radius 1 is 1.11 bits per heavy atom. The van der Waals surface area contributed by atoms with Crippen LogP contribution in [-0.4, -0.2) is 79.7 Å². The Hall–Kier alpha value is -2.04. The number of non-ortho nitro benzene ring substituents is 1. The number of piperidine rings is 1. The van der Waals surface area contributed by atoms with Crippen LogP contribution < -0.4 is 0 Å². The van der Waals surface area contributed by atoms with E-state index in [1.165, 1.54) is 28.6 Å². The van der Waals surface area contributed by atoms with Gasteiger partial charge in [0.1, 0.15) is 0 Å². The summed E-state index contributed by atoms with van der Waals surface area (Å²) in [6.45, 7) is 3.49. The van der Waals surface area contributed by atoms with Gasteiger partial charge in [-0.3, -0.25) is 14.9 Å². The van der Waals surface area contributed by atoms with Crippen LogP contribution in [0.5, 0.6) is 0 Å². The predicted octanol–water partition coefficient (Wildman–Crippen LogP) is 0.770. The molecule has 10 heteroatoms. The lowest BCUT2D eigenvalue weighted by Gasteiger charge is -2.37. The SMILES string of the molecule is CN1CCN(C(=O)[C@@H]2CCCN(S(=O)(=O)c3ccc([N+](=O)[O-])cc3)C2)CC1. The molecule has 0 saturated carbocycles. The fourth-order valence-electron chi connectivity index (χ4n) is 3.54. The highest BCUT2D eigenvalue weighted by Crippen LogP contribution is 2.26. The lowest BCUT2D eigenvalue weighted by molar-refractivity contribution is -0.384. The first-order valence-electron chi connectivity index (χ1n) is 9.01. The highest BCUT2D eigenvalue weighted by atomic mass is 32.2. The second-order valence-corrected chi connectivity index (χ2v) is 9.02. The molecule has 0 N–H and O–H groups in total. The molecule has 2 aliphatic heterocycles. The molecule has 27 heavy (non-hydrogen) atoms. The number of rotatable bonds is 4. The van der Waals surface area contributed by atoms with Gasteiger partial charge in [-0.15, -0.1) is 0 Å². The van der Waals surface area contributed by atoms with Gasteiger partial charge in [0.2, 0.25) is 15.9 Å². The van der Waals surface area contributed by atoms with Crippen molar-refractivity contribution in [1.82, 2.24) is 14.1 Å². The number of hydrogen-bond donors (Lipinski definition) is 0. The fourth-order valence-corrected chi connectivity index (χ4v) is 5.06. The van der Waals surface area contributed by atoms with Gasteiger partial charge >= 0.3 is 0 Å². The fraction of sp³-hybridized carbons (Fsp3) is 0.588. The molecule has 1 atom stereocenters. The number of benzene rings is 1. The van der Waals surface area contributed by atoms with E-state index in [1.807, 2.05) is 11.9 Å². The number of sulfonamides is 1. The van der Waals surface area contributed by atoms with E-state index in [0.29, 0.717) is 32.5 Å². The summed E-state index contributed by atoms with van der Waals surface area (Å²) >= 11 is 0. The number of carbonyl (C=O) groups excluding carboxylic acids is 1. The lowest BCUT2D eigenvalue weighted by Crippen LogP contribution is -2.52. The minimum atomic E-state index is -3.78. The Kier molecular flexibility index (Phi) is 5.78. The summed E-state index contributed by atoms with van der Waals surface area (Å²) in [5.41, 5.74) is -0.157. The van der Waals surface area contributed by atoms with Gasteiger partial charge in [0, 0.05) is 51.4 Å². The Bertz CT molecular complexity index is 803. The summed E-state index contributed by atoms with van der Waals surface area (Å²) in [5.74, 6) is -0.318. The molecular formula is C17H24N4O5S. The zero-order valence-corrected chi connectivity index (χ0v) is 16.1. The number of likely N-dealkylation sites (N-methyl/N-ethyl adjacent to an activating group) is 1. The van der Waals surface area contributed by atoms with Crippen LogP contribution in [0.1, 0.15) is 12.8 Å². The van der Waals surface area contributed by atoms with Crippen LogP contribution in [0.2, 0.25) is 0 Å². The van der Waals surface area contributed by atoms with E-state index in [2.05, 4.69) is 4.90 Å². The first kappa shape index (κ1) is 19.7. The number of nitro benzene ring substituents is 1. The van der Waals surface area contributed by atoms with Gasteiger partial charge in [-0.05, 0) is 32.0 Å². The molecule has 0 aromatic heterocycles. The number of piperazine rings is 1. The molecule has 1 aromatic carbocycles. The van der Waals surface area contributed by atoms with Crippen LogP contribution in [-0.2, 0) is 14.8 Å². The molecule has 2 aliphatic rings. The molecule has 0 unspecified atom stereocenters. The van der Waals surface area contributed by atoms with Crippen molar-refractivity contribution >= 4 is 21.6 Å². The monoisotopic (exact) mass is 396 g/mol. The third kappa shape index (κ3) is 4.28. The Labute approximate surface area is 158 Å². The largest absolute Gasteiger partial charge is 0.340 e. The van der Waals surface area contributed by atoms with E-state index in [4.69, 9.17) is 0 Å². The Balaban J connectivity index is 1.71.